The van der Waals surface area contributed by atoms with Gasteiger partial charge in [0.05, 0.1) is 4.92 Å². The van der Waals surface area contributed by atoms with Gasteiger partial charge in [-0.1, -0.05) is 0 Å². The monoisotopic (exact) mass is 218 g/mol. The van der Waals surface area contributed by atoms with E-state index in [9.17, 15) is 23.7 Å². The normalized spacial score (nSPS) is 10.3. The van der Waals surface area contributed by atoms with Crippen LogP contribution in [0.4, 0.5) is 14.5 Å². The van der Waals surface area contributed by atoms with Crippen molar-refractivity contribution in [3.05, 3.63) is 33.6 Å². The zero-order valence-corrected chi connectivity index (χ0v) is 7.05. The molecule has 1 N–H and O–H groups in total. The second-order valence-electron chi connectivity index (χ2n) is 2.47. The average Bonchev–Trinajstić information content (AvgIpc) is 2.16. The van der Waals surface area contributed by atoms with Gasteiger partial charge in [0.25, 0.3) is 6.43 Å². The number of nitro groups is 1. The molecule has 0 unspecified atom stereocenters. The minimum atomic E-state index is -2.97. The van der Waals surface area contributed by atoms with Crippen molar-refractivity contribution in [3.8, 4) is 0 Å². The summed E-state index contributed by atoms with van der Waals surface area (Å²) >= 11 is 0. The highest BCUT2D eigenvalue weighted by Crippen LogP contribution is 2.22. The molecule has 1 aromatic rings. The third-order valence-electron chi connectivity index (χ3n) is 1.52. The number of rotatable bonds is 3. The summed E-state index contributed by atoms with van der Waals surface area (Å²) in [5.74, 6) is -1.72. The summed E-state index contributed by atoms with van der Waals surface area (Å²) in [6.07, 6.45) is -2.97. The number of pyridine rings is 1. The number of aromatic nitrogens is 1. The first-order valence-corrected chi connectivity index (χ1v) is 3.60. The van der Waals surface area contributed by atoms with Gasteiger partial charge in [-0.3, -0.25) is 10.1 Å². The largest absolute Gasteiger partial charge is 0.476 e. The van der Waals surface area contributed by atoms with Crippen molar-refractivity contribution in [3.63, 3.8) is 0 Å². The van der Waals surface area contributed by atoms with Crippen LogP contribution in [0.2, 0.25) is 0 Å². The molecule has 0 bridgehead atoms. The van der Waals surface area contributed by atoms with Crippen molar-refractivity contribution < 1.29 is 23.6 Å². The van der Waals surface area contributed by atoms with E-state index in [4.69, 9.17) is 5.11 Å². The van der Waals surface area contributed by atoms with Crippen LogP contribution in [0.5, 0.6) is 0 Å². The minimum Gasteiger partial charge on any atom is -0.476 e. The molecular formula is C7H4F2N2O4. The molecule has 0 aliphatic heterocycles. The fourth-order valence-corrected chi connectivity index (χ4v) is 0.893. The molecule has 0 saturated heterocycles. The summed E-state index contributed by atoms with van der Waals surface area (Å²) in [6, 6.07) is 1.41. The summed E-state index contributed by atoms with van der Waals surface area (Å²) in [6.45, 7) is 0. The lowest BCUT2D eigenvalue weighted by Gasteiger charge is -2.00. The number of carboxylic acids is 1. The smallest absolute Gasteiger partial charge is 0.361 e. The van der Waals surface area contributed by atoms with Gasteiger partial charge in [0.1, 0.15) is 5.69 Å². The summed E-state index contributed by atoms with van der Waals surface area (Å²) in [5, 5.41) is 18.8. The van der Waals surface area contributed by atoms with Crippen LogP contribution in [0.25, 0.3) is 0 Å². The Morgan fingerprint density at radius 2 is 2.13 bits per heavy atom. The molecule has 0 fully saturated rings. The van der Waals surface area contributed by atoms with E-state index in [1.165, 1.54) is 0 Å². The molecule has 1 rings (SSSR count). The summed E-state index contributed by atoms with van der Waals surface area (Å²) in [4.78, 5) is 22.8. The first-order chi connectivity index (χ1) is 6.93. The van der Waals surface area contributed by atoms with E-state index in [1.807, 2.05) is 0 Å². The highest BCUT2D eigenvalue weighted by atomic mass is 19.3. The van der Waals surface area contributed by atoms with E-state index in [0.29, 0.717) is 6.07 Å². The van der Waals surface area contributed by atoms with E-state index in [1.54, 1.807) is 0 Å². The standard InChI is InChI=1S/C7H4F2N2O4/c8-6(9)3-1-2-4(11(14)15)5(10-3)7(12)13/h1-2,6H,(H,12,13). The van der Waals surface area contributed by atoms with E-state index >= 15 is 0 Å². The molecule has 1 aromatic heterocycles. The average molecular weight is 218 g/mol. The molecule has 80 valence electrons. The first-order valence-electron chi connectivity index (χ1n) is 3.60. The van der Waals surface area contributed by atoms with Crippen molar-refractivity contribution >= 4 is 11.7 Å². The lowest BCUT2D eigenvalue weighted by molar-refractivity contribution is -0.385. The number of carbonyl (C=O) groups is 1. The quantitative estimate of drug-likeness (QED) is 0.614. The maximum Gasteiger partial charge on any atom is 0.361 e. The van der Waals surface area contributed by atoms with Gasteiger partial charge in [0.15, 0.2) is 0 Å². The van der Waals surface area contributed by atoms with Crippen LogP contribution >= 0.6 is 0 Å². The van der Waals surface area contributed by atoms with E-state index < -0.39 is 34.4 Å². The van der Waals surface area contributed by atoms with E-state index in [2.05, 4.69) is 4.98 Å². The van der Waals surface area contributed by atoms with Gasteiger partial charge < -0.3 is 5.11 Å². The van der Waals surface area contributed by atoms with Crippen molar-refractivity contribution in [2.24, 2.45) is 0 Å². The van der Waals surface area contributed by atoms with Gasteiger partial charge >= 0.3 is 11.7 Å². The predicted molar refractivity (Wildman–Crippen MR) is 42.8 cm³/mol. The Bertz CT molecular complexity index is 421. The molecule has 0 saturated carbocycles. The van der Waals surface area contributed by atoms with Crippen LogP contribution in [0.1, 0.15) is 22.6 Å². The Labute approximate surface area is 81.3 Å². The number of hydrogen-bond donors (Lipinski definition) is 1. The molecule has 1 heterocycles. The number of carboxylic acid groups (broad SMARTS) is 1. The molecule has 15 heavy (non-hydrogen) atoms. The third-order valence-corrected chi connectivity index (χ3v) is 1.52. The van der Waals surface area contributed by atoms with Gasteiger partial charge in [0, 0.05) is 6.07 Å². The van der Waals surface area contributed by atoms with E-state index in [0.717, 1.165) is 6.07 Å². The topological polar surface area (TPSA) is 93.3 Å². The van der Waals surface area contributed by atoms with Crippen LogP contribution < -0.4 is 0 Å². The van der Waals surface area contributed by atoms with Gasteiger partial charge in [-0.25, -0.2) is 18.6 Å². The molecule has 0 aliphatic rings. The van der Waals surface area contributed by atoms with Crippen molar-refractivity contribution in [2.75, 3.05) is 0 Å². The van der Waals surface area contributed by atoms with Crippen LogP contribution in [0, 0.1) is 10.1 Å². The maximum absolute atomic E-state index is 12.1. The summed E-state index contributed by atoms with van der Waals surface area (Å²) in [7, 11) is 0. The Hall–Kier alpha value is -2.12. The zero-order chi connectivity index (χ0) is 11.6. The van der Waals surface area contributed by atoms with Gasteiger partial charge in [-0.15, -0.1) is 0 Å². The lowest BCUT2D eigenvalue weighted by Crippen LogP contribution is -2.07. The first kappa shape index (κ1) is 11.0. The van der Waals surface area contributed by atoms with Crippen LogP contribution in [-0.4, -0.2) is 21.0 Å². The van der Waals surface area contributed by atoms with Gasteiger partial charge in [-0.05, 0) is 6.07 Å². The second kappa shape index (κ2) is 3.95. The van der Waals surface area contributed by atoms with E-state index in [-0.39, 0.29) is 0 Å². The second-order valence-corrected chi connectivity index (χ2v) is 2.47. The van der Waals surface area contributed by atoms with Gasteiger partial charge in [0.2, 0.25) is 5.69 Å². The number of aromatic carboxylic acids is 1. The van der Waals surface area contributed by atoms with Crippen molar-refractivity contribution in [1.82, 2.24) is 4.98 Å². The highest BCUT2D eigenvalue weighted by Gasteiger charge is 2.24. The molecule has 0 aromatic carbocycles. The van der Waals surface area contributed by atoms with Crippen LogP contribution in [0.3, 0.4) is 0 Å². The predicted octanol–water partition coefficient (Wildman–Crippen LogP) is 1.63. The Morgan fingerprint density at radius 3 is 2.53 bits per heavy atom. The molecular weight excluding hydrogens is 214 g/mol. The Morgan fingerprint density at radius 1 is 1.53 bits per heavy atom. The Kier molecular flexibility index (Phi) is 2.88. The molecule has 6 nitrogen and oxygen atoms in total. The van der Waals surface area contributed by atoms with Crippen LogP contribution in [0.15, 0.2) is 12.1 Å². The Balaban J connectivity index is 3.33. The fraction of sp³-hybridized carbons (Fsp3) is 0.143. The highest BCUT2D eigenvalue weighted by molar-refractivity contribution is 5.90. The molecule has 0 spiro atoms. The number of alkyl halides is 2. The van der Waals surface area contributed by atoms with Crippen molar-refractivity contribution in [2.45, 2.75) is 6.43 Å². The SMILES string of the molecule is O=C(O)c1nc(C(F)F)ccc1[N+](=O)[O-]. The third kappa shape index (κ3) is 2.22. The summed E-state index contributed by atoms with van der Waals surface area (Å²) in [5.41, 5.74) is -2.61. The molecule has 0 amide bonds. The lowest BCUT2D eigenvalue weighted by atomic mass is 10.2. The van der Waals surface area contributed by atoms with Crippen LogP contribution in [-0.2, 0) is 0 Å². The van der Waals surface area contributed by atoms with Gasteiger partial charge in [-0.2, -0.15) is 0 Å². The fourth-order valence-electron chi connectivity index (χ4n) is 0.893. The molecule has 0 atom stereocenters. The molecule has 0 radical (unpaired) electrons. The summed E-state index contributed by atoms with van der Waals surface area (Å²) < 4.78 is 24.2. The number of hydrogen-bond acceptors (Lipinski definition) is 4. The molecule has 8 heteroatoms. The molecule has 0 aliphatic carbocycles. The number of nitrogens with zero attached hydrogens (tertiary/aromatic N) is 2. The maximum atomic E-state index is 12.1. The number of halogens is 2. The van der Waals surface area contributed by atoms with Crippen molar-refractivity contribution in [1.29, 1.82) is 0 Å². The zero-order valence-electron chi connectivity index (χ0n) is 7.05. The minimum absolute atomic E-state index is 0.692.